The first-order chi connectivity index (χ1) is 9.47. The van der Waals surface area contributed by atoms with E-state index in [9.17, 15) is 9.90 Å². The Morgan fingerprint density at radius 3 is 2.40 bits per heavy atom. The standard InChI is InChI=1S/C14H10BrCl2NO2/c15-8-1-4-10(5-2-8)18-13(14(19)20)11-7-9(16)3-6-12(11)17/h1-7,13,18H,(H,19,20). The molecule has 0 saturated heterocycles. The maximum atomic E-state index is 11.5. The maximum absolute atomic E-state index is 11.5. The maximum Gasteiger partial charge on any atom is 0.330 e. The lowest BCUT2D eigenvalue weighted by atomic mass is 10.1. The highest BCUT2D eigenvalue weighted by atomic mass is 79.9. The van der Waals surface area contributed by atoms with Crippen LogP contribution in [0.3, 0.4) is 0 Å². The van der Waals surface area contributed by atoms with Crippen molar-refractivity contribution < 1.29 is 9.90 Å². The van der Waals surface area contributed by atoms with Crippen molar-refractivity contribution in [3.63, 3.8) is 0 Å². The molecule has 0 fully saturated rings. The van der Waals surface area contributed by atoms with Crippen LogP contribution >= 0.6 is 39.1 Å². The average Bonchev–Trinajstić information content (AvgIpc) is 2.41. The molecule has 104 valence electrons. The van der Waals surface area contributed by atoms with Gasteiger partial charge in [0, 0.05) is 25.8 Å². The number of rotatable bonds is 4. The van der Waals surface area contributed by atoms with E-state index >= 15 is 0 Å². The Morgan fingerprint density at radius 2 is 1.80 bits per heavy atom. The molecule has 0 bridgehead atoms. The summed E-state index contributed by atoms with van der Waals surface area (Å²) in [4.78, 5) is 11.5. The molecule has 0 saturated carbocycles. The zero-order chi connectivity index (χ0) is 14.7. The van der Waals surface area contributed by atoms with Crippen molar-refractivity contribution >= 4 is 50.8 Å². The molecule has 20 heavy (non-hydrogen) atoms. The zero-order valence-electron chi connectivity index (χ0n) is 10.1. The SMILES string of the molecule is O=C(O)C(Nc1ccc(Br)cc1)c1cc(Cl)ccc1Cl. The highest BCUT2D eigenvalue weighted by Gasteiger charge is 2.22. The van der Waals surface area contributed by atoms with Crippen LogP contribution in [-0.2, 0) is 4.79 Å². The summed E-state index contributed by atoms with van der Waals surface area (Å²) in [6.45, 7) is 0. The van der Waals surface area contributed by atoms with E-state index in [1.165, 1.54) is 0 Å². The lowest BCUT2D eigenvalue weighted by molar-refractivity contribution is -0.138. The molecule has 2 N–H and O–H groups in total. The number of benzene rings is 2. The topological polar surface area (TPSA) is 49.3 Å². The number of halogens is 3. The molecule has 0 spiro atoms. The van der Waals surface area contributed by atoms with Gasteiger partial charge in [-0.2, -0.15) is 0 Å². The monoisotopic (exact) mass is 373 g/mol. The van der Waals surface area contributed by atoms with Crippen molar-refractivity contribution in [3.05, 3.63) is 62.5 Å². The van der Waals surface area contributed by atoms with Crippen LogP contribution in [0, 0.1) is 0 Å². The third-order valence-corrected chi connectivity index (χ3v) is 3.78. The molecule has 0 amide bonds. The van der Waals surface area contributed by atoms with Crippen LogP contribution in [0.25, 0.3) is 0 Å². The van der Waals surface area contributed by atoms with Crippen molar-refractivity contribution in [2.24, 2.45) is 0 Å². The largest absolute Gasteiger partial charge is 0.479 e. The Hall–Kier alpha value is -1.23. The van der Waals surface area contributed by atoms with Gasteiger partial charge in [0.25, 0.3) is 0 Å². The number of carboxylic acids is 1. The molecular weight excluding hydrogens is 365 g/mol. The molecular formula is C14H10BrCl2NO2. The minimum Gasteiger partial charge on any atom is -0.479 e. The summed E-state index contributed by atoms with van der Waals surface area (Å²) in [6.07, 6.45) is 0. The number of carboxylic acid groups (broad SMARTS) is 1. The molecule has 2 aromatic rings. The van der Waals surface area contributed by atoms with Gasteiger partial charge >= 0.3 is 5.97 Å². The minimum atomic E-state index is -1.03. The zero-order valence-corrected chi connectivity index (χ0v) is 13.2. The Labute approximate surface area is 134 Å². The van der Waals surface area contributed by atoms with E-state index in [0.29, 0.717) is 21.3 Å². The fourth-order valence-electron chi connectivity index (χ4n) is 1.72. The summed E-state index contributed by atoms with van der Waals surface area (Å²) in [6, 6.07) is 11.0. The molecule has 0 radical (unpaired) electrons. The van der Waals surface area contributed by atoms with E-state index < -0.39 is 12.0 Å². The van der Waals surface area contributed by atoms with Gasteiger partial charge in [-0.25, -0.2) is 4.79 Å². The Balaban J connectivity index is 2.34. The number of nitrogens with one attached hydrogen (secondary N) is 1. The van der Waals surface area contributed by atoms with Crippen molar-refractivity contribution in [1.82, 2.24) is 0 Å². The first-order valence-electron chi connectivity index (χ1n) is 5.67. The third kappa shape index (κ3) is 3.66. The normalized spacial score (nSPS) is 11.9. The number of aliphatic carboxylic acids is 1. The van der Waals surface area contributed by atoms with Gasteiger partial charge in [0.1, 0.15) is 0 Å². The van der Waals surface area contributed by atoms with E-state index in [-0.39, 0.29) is 0 Å². The smallest absolute Gasteiger partial charge is 0.330 e. The molecule has 2 rings (SSSR count). The van der Waals surface area contributed by atoms with Crippen LogP contribution in [0.15, 0.2) is 46.9 Å². The summed E-state index contributed by atoms with van der Waals surface area (Å²) in [5, 5.41) is 13.1. The van der Waals surface area contributed by atoms with Crippen LogP contribution in [0.1, 0.15) is 11.6 Å². The van der Waals surface area contributed by atoms with Crippen LogP contribution in [0.4, 0.5) is 5.69 Å². The molecule has 3 nitrogen and oxygen atoms in total. The Kier molecular flexibility index (Phi) is 4.91. The molecule has 2 aromatic carbocycles. The molecule has 1 atom stereocenters. The summed E-state index contributed by atoms with van der Waals surface area (Å²) in [7, 11) is 0. The first kappa shape index (κ1) is 15.2. The second-order valence-corrected chi connectivity index (χ2v) is 5.85. The number of hydrogen-bond donors (Lipinski definition) is 2. The summed E-state index contributed by atoms with van der Waals surface area (Å²) < 4.78 is 0.913. The van der Waals surface area contributed by atoms with Gasteiger partial charge in [0.05, 0.1) is 0 Å². The van der Waals surface area contributed by atoms with Gasteiger partial charge in [-0.3, -0.25) is 0 Å². The second-order valence-electron chi connectivity index (χ2n) is 4.09. The van der Waals surface area contributed by atoms with Gasteiger partial charge in [0.2, 0.25) is 0 Å². The fraction of sp³-hybridized carbons (Fsp3) is 0.0714. The van der Waals surface area contributed by atoms with E-state index in [0.717, 1.165) is 4.47 Å². The quantitative estimate of drug-likeness (QED) is 0.792. The molecule has 0 aliphatic carbocycles. The van der Waals surface area contributed by atoms with Crippen LogP contribution in [0.5, 0.6) is 0 Å². The number of carbonyl (C=O) groups is 1. The highest BCUT2D eigenvalue weighted by molar-refractivity contribution is 9.10. The van der Waals surface area contributed by atoms with Gasteiger partial charge in [-0.1, -0.05) is 39.1 Å². The molecule has 0 heterocycles. The van der Waals surface area contributed by atoms with E-state index in [4.69, 9.17) is 23.2 Å². The Morgan fingerprint density at radius 1 is 1.15 bits per heavy atom. The molecule has 0 aromatic heterocycles. The number of hydrogen-bond acceptors (Lipinski definition) is 2. The Bertz CT molecular complexity index is 632. The van der Waals surface area contributed by atoms with E-state index in [1.54, 1.807) is 30.3 Å². The summed E-state index contributed by atoms with van der Waals surface area (Å²) in [5.41, 5.74) is 1.10. The second kappa shape index (κ2) is 6.48. The van der Waals surface area contributed by atoms with Crippen molar-refractivity contribution in [1.29, 1.82) is 0 Å². The predicted octanol–water partition coefficient (Wildman–Crippen LogP) is 4.99. The van der Waals surface area contributed by atoms with E-state index in [2.05, 4.69) is 21.2 Å². The summed E-state index contributed by atoms with van der Waals surface area (Å²) in [5.74, 6) is -1.03. The molecule has 0 aliphatic rings. The van der Waals surface area contributed by atoms with Gasteiger partial charge in [-0.05, 0) is 42.5 Å². The lowest BCUT2D eigenvalue weighted by Gasteiger charge is -2.17. The lowest BCUT2D eigenvalue weighted by Crippen LogP contribution is -2.20. The highest BCUT2D eigenvalue weighted by Crippen LogP contribution is 2.29. The van der Waals surface area contributed by atoms with Crippen LogP contribution < -0.4 is 5.32 Å². The van der Waals surface area contributed by atoms with Crippen molar-refractivity contribution in [2.75, 3.05) is 5.32 Å². The molecule has 1 unspecified atom stereocenters. The van der Waals surface area contributed by atoms with E-state index in [1.807, 2.05) is 12.1 Å². The average molecular weight is 375 g/mol. The van der Waals surface area contributed by atoms with Gasteiger partial charge < -0.3 is 10.4 Å². The summed E-state index contributed by atoms with van der Waals surface area (Å²) >= 11 is 15.3. The fourth-order valence-corrected chi connectivity index (χ4v) is 2.39. The molecule has 0 aliphatic heterocycles. The van der Waals surface area contributed by atoms with Crippen molar-refractivity contribution in [3.8, 4) is 0 Å². The predicted molar refractivity (Wildman–Crippen MR) is 84.6 cm³/mol. The first-order valence-corrected chi connectivity index (χ1v) is 7.22. The van der Waals surface area contributed by atoms with Crippen molar-refractivity contribution in [2.45, 2.75) is 6.04 Å². The minimum absolute atomic E-state index is 0.353. The van der Waals surface area contributed by atoms with Crippen LogP contribution in [0.2, 0.25) is 10.0 Å². The van der Waals surface area contributed by atoms with Crippen LogP contribution in [-0.4, -0.2) is 11.1 Å². The number of anilines is 1. The molecule has 6 heteroatoms. The third-order valence-electron chi connectivity index (χ3n) is 2.67. The van der Waals surface area contributed by atoms with Gasteiger partial charge in [-0.15, -0.1) is 0 Å². The van der Waals surface area contributed by atoms with Gasteiger partial charge in [0.15, 0.2) is 6.04 Å².